The lowest BCUT2D eigenvalue weighted by molar-refractivity contribution is 0.0796. The average Bonchev–Trinajstić information content (AvgIpc) is 2.70. The number of benzene rings is 2. The zero-order valence-electron chi connectivity index (χ0n) is 17.1. The molecule has 0 saturated heterocycles. The Hall–Kier alpha value is -1.96. The zero-order chi connectivity index (χ0) is 19.5. The fourth-order valence-corrected chi connectivity index (χ4v) is 3.37. The summed E-state index contributed by atoms with van der Waals surface area (Å²) in [4.78, 5) is 25.8. The van der Waals surface area contributed by atoms with Gasteiger partial charge in [-0.15, -0.1) is 0 Å². The van der Waals surface area contributed by atoms with E-state index in [-0.39, 0.29) is 22.4 Å². The molecule has 0 unspecified atom stereocenters. The Labute approximate surface area is 158 Å². The summed E-state index contributed by atoms with van der Waals surface area (Å²) in [5.41, 5.74) is 0.894. The standard InChI is InChI=1S/C24H32O2/c1-7-23(5,8-2)21(25)19-13-11-18-16-20(14-12-17(18)15-19)22(26)24(6,9-3)10-4/h11-16H,7-10H2,1-6H3. The van der Waals surface area contributed by atoms with Crippen LogP contribution in [0.2, 0.25) is 0 Å². The fraction of sp³-hybridized carbons (Fsp3) is 0.500. The molecule has 2 rings (SSSR count). The van der Waals surface area contributed by atoms with E-state index in [9.17, 15) is 9.59 Å². The molecule has 2 heteroatoms. The van der Waals surface area contributed by atoms with Crippen LogP contribution >= 0.6 is 0 Å². The third-order valence-electron chi connectivity index (χ3n) is 6.58. The molecule has 0 aliphatic heterocycles. The molecule has 0 atom stereocenters. The van der Waals surface area contributed by atoms with Crippen molar-refractivity contribution < 1.29 is 9.59 Å². The molecule has 0 aromatic heterocycles. The summed E-state index contributed by atoms with van der Waals surface area (Å²) in [5.74, 6) is 0.406. The average molecular weight is 353 g/mol. The minimum absolute atomic E-state index is 0.203. The first-order valence-electron chi connectivity index (χ1n) is 9.88. The van der Waals surface area contributed by atoms with Gasteiger partial charge in [0.2, 0.25) is 0 Å². The smallest absolute Gasteiger partial charge is 0.168 e. The van der Waals surface area contributed by atoms with Gasteiger partial charge >= 0.3 is 0 Å². The number of carbonyl (C=O) groups is 2. The Kier molecular flexibility index (Phi) is 6.05. The van der Waals surface area contributed by atoms with Crippen LogP contribution in [0.3, 0.4) is 0 Å². The normalized spacial score (nSPS) is 12.4. The third kappa shape index (κ3) is 3.60. The number of ketones is 2. The number of hydrogen-bond acceptors (Lipinski definition) is 2. The highest BCUT2D eigenvalue weighted by Crippen LogP contribution is 2.33. The van der Waals surface area contributed by atoms with Crippen molar-refractivity contribution in [3.63, 3.8) is 0 Å². The van der Waals surface area contributed by atoms with Crippen LogP contribution in [-0.2, 0) is 0 Å². The zero-order valence-corrected chi connectivity index (χ0v) is 17.1. The first-order valence-corrected chi connectivity index (χ1v) is 9.88. The van der Waals surface area contributed by atoms with Gasteiger partial charge in [0.15, 0.2) is 11.6 Å². The predicted molar refractivity (Wildman–Crippen MR) is 110 cm³/mol. The van der Waals surface area contributed by atoms with E-state index >= 15 is 0 Å². The maximum Gasteiger partial charge on any atom is 0.168 e. The van der Waals surface area contributed by atoms with Gasteiger partial charge in [-0.25, -0.2) is 0 Å². The molecule has 2 aromatic rings. The summed E-state index contributed by atoms with van der Waals surface area (Å²) in [6.07, 6.45) is 3.34. The Morgan fingerprint density at radius 2 is 0.962 bits per heavy atom. The molecule has 0 saturated carbocycles. The van der Waals surface area contributed by atoms with Gasteiger partial charge < -0.3 is 0 Å². The molecule has 0 amide bonds. The van der Waals surface area contributed by atoms with E-state index in [1.165, 1.54) is 0 Å². The maximum absolute atomic E-state index is 12.9. The van der Waals surface area contributed by atoms with Crippen LogP contribution in [0.1, 0.15) is 87.9 Å². The van der Waals surface area contributed by atoms with Crippen molar-refractivity contribution in [3.8, 4) is 0 Å². The topological polar surface area (TPSA) is 34.1 Å². The van der Waals surface area contributed by atoms with Gasteiger partial charge in [0.1, 0.15) is 0 Å². The Balaban J connectivity index is 2.42. The number of rotatable bonds is 8. The summed E-state index contributed by atoms with van der Waals surface area (Å²) in [5, 5.41) is 2.02. The highest BCUT2D eigenvalue weighted by molar-refractivity contribution is 6.06. The van der Waals surface area contributed by atoms with E-state index < -0.39 is 0 Å². The highest BCUT2D eigenvalue weighted by Gasteiger charge is 2.31. The molecule has 2 nitrogen and oxygen atoms in total. The molecule has 26 heavy (non-hydrogen) atoms. The molecule has 0 aliphatic rings. The van der Waals surface area contributed by atoms with Gasteiger partial charge in [0.25, 0.3) is 0 Å². The van der Waals surface area contributed by atoms with Crippen molar-refractivity contribution in [1.82, 2.24) is 0 Å². The van der Waals surface area contributed by atoms with Crippen LogP contribution in [0.4, 0.5) is 0 Å². The van der Waals surface area contributed by atoms with Crippen molar-refractivity contribution >= 4 is 22.3 Å². The molecule has 0 bridgehead atoms. The summed E-state index contributed by atoms with van der Waals surface area (Å²) < 4.78 is 0. The van der Waals surface area contributed by atoms with E-state index in [2.05, 4.69) is 27.7 Å². The summed E-state index contributed by atoms with van der Waals surface area (Å²) in [6.45, 7) is 12.4. The van der Waals surface area contributed by atoms with Crippen LogP contribution < -0.4 is 0 Å². The molecular weight excluding hydrogens is 320 g/mol. The lowest BCUT2D eigenvalue weighted by Crippen LogP contribution is -2.26. The Bertz CT molecular complexity index is 739. The first kappa shape index (κ1) is 20.4. The van der Waals surface area contributed by atoms with Gasteiger partial charge in [-0.1, -0.05) is 65.8 Å². The molecule has 140 valence electrons. The molecule has 0 fully saturated rings. The summed E-state index contributed by atoms with van der Waals surface area (Å²) in [6, 6.07) is 11.7. The van der Waals surface area contributed by atoms with E-state index in [1.54, 1.807) is 0 Å². The lowest BCUT2D eigenvalue weighted by Gasteiger charge is -2.25. The maximum atomic E-state index is 12.9. The van der Waals surface area contributed by atoms with E-state index in [1.807, 2.05) is 50.2 Å². The van der Waals surface area contributed by atoms with Crippen molar-refractivity contribution in [2.45, 2.75) is 67.2 Å². The van der Waals surface area contributed by atoms with Crippen molar-refractivity contribution in [1.29, 1.82) is 0 Å². The molecular formula is C24H32O2. The minimum atomic E-state index is -0.312. The largest absolute Gasteiger partial charge is 0.294 e. The SMILES string of the molecule is CCC(C)(CC)C(=O)c1ccc2cc(C(=O)C(C)(CC)CC)ccc2c1. The van der Waals surface area contributed by atoms with Gasteiger partial charge in [-0.3, -0.25) is 9.59 Å². The predicted octanol–water partition coefficient (Wildman–Crippen LogP) is 6.86. The van der Waals surface area contributed by atoms with Gasteiger partial charge in [0, 0.05) is 22.0 Å². The number of fused-ring (bicyclic) bond motifs is 1. The highest BCUT2D eigenvalue weighted by atomic mass is 16.1. The van der Waals surface area contributed by atoms with E-state index in [0.717, 1.165) is 47.6 Å². The molecule has 2 aromatic carbocycles. The lowest BCUT2D eigenvalue weighted by atomic mass is 9.77. The first-order chi connectivity index (χ1) is 12.2. The molecule has 0 N–H and O–H groups in total. The van der Waals surface area contributed by atoms with Crippen molar-refractivity contribution in [3.05, 3.63) is 47.5 Å². The Morgan fingerprint density at radius 1 is 0.654 bits per heavy atom. The van der Waals surface area contributed by atoms with Crippen molar-refractivity contribution in [2.75, 3.05) is 0 Å². The molecule has 0 spiro atoms. The second-order valence-corrected chi connectivity index (χ2v) is 7.97. The quantitative estimate of drug-likeness (QED) is 0.486. The minimum Gasteiger partial charge on any atom is -0.294 e. The second-order valence-electron chi connectivity index (χ2n) is 7.97. The fourth-order valence-electron chi connectivity index (χ4n) is 3.37. The van der Waals surface area contributed by atoms with Crippen LogP contribution in [0.25, 0.3) is 10.8 Å². The Morgan fingerprint density at radius 3 is 1.23 bits per heavy atom. The van der Waals surface area contributed by atoms with Crippen LogP contribution in [-0.4, -0.2) is 11.6 Å². The van der Waals surface area contributed by atoms with Crippen LogP contribution in [0.5, 0.6) is 0 Å². The van der Waals surface area contributed by atoms with Gasteiger partial charge in [0.05, 0.1) is 0 Å². The van der Waals surface area contributed by atoms with Crippen molar-refractivity contribution in [2.24, 2.45) is 10.8 Å². The van der Waals surface area contributed by atoms with E-state index in [4.69, 9.17) is 0 Å². The van der Waals surface area contributed by atoms with Gasteiger partial charge in [-0.05, 0) is 48.6 Å². The number of Topliss-reactive ketones (excluding diaryl/α,β-unsaturated/α-hetero) is 2. The monoisotopic (exact) mass is 352 g/mol. The summed E-state index contributed by atoms with van der Waals surface area (Å²) in [7, 11) is 0. The molecule has 0 radical (unpaired) electrons. The third-order valence-corrected chi connectivity index (χ3v) is 6.58. The van der Waals surface area contributed by atoms with Crippen LogP contribution in [0.15, 0.2) is 36.4 Å². The molecule has 0 aliphatic carbocycles. The number of carbonyl (C=O) groups excluding carboxylic acids is 2. The van der Waals surface area contributed by atoms with Gasteiger partial charge in [-0.2, -0.15) is 0 Å². The van der Waals surface area contributed by atoms with Crippen LogP contribution in [0, 0.1) is 10.8 Å². The number of hydrogen-bond donors (Lipinski definition) is 0. The second kappa shape index (κ2) is 7.73. The molecule has 0 heterocycles. The van der Waals surface area contributed by atoms with E-state index in [0.29, 0.717) is 0 Å². The summed E-state index contributed by atoms with van der Waals surface area (Å²) >= 11 is 0.